The van der Waals surface area contributed by atoms with Crippen LogP contribution in [0.1, 0.15) is 10.4 Å². The summed E-state index contributed by atoms with van der Waals surface area (Å²) in [5, 5.41) is 0. The Labute approximate surface area is 119 Å². The quantitative estimate of drug-likeness (QED) is 0.778. The standard InChI is InChI=1S/C13H13BrClNS/c1-16(9-11-6-7-13(15)17-11)8-10-4-2-3-5-12(10)14/h2-7H,8-9H2,1H3. The highest BCUT2D eigenvalue weighted by atomic mass is 79.9. The molecule has 1 aromatic heterocycles. The van der Waals surface area contributed by atoms with E-state index in [0.29, 0.717) is 0 Å². The van der Waals surface area contributed by atoms with Crippen molar-refractivity contribution in [3.63, 3.8) is 0 Å². The second-order valence-electron chi connectivity index (χ2n) is 3.97. The molecule has 0 aliphatic carbocycles. The summed E-state index contributed by atoms with van der Waals surface area (Å²) < 4.78 is 2.02. The molecule has 0 bridgehead atoms. The largest absolute Gasteiger partial charge is 0.297 e. The second-order valence-corrected chi connectivity index (χ2v) is 6.62. The Morgan fingerprint density at radius 3 is 2.59 bits per heavy atom. The van der Waals surface area contributed by atoms with E-state index >= 15 is 0 Å². The first kappa shape index (κ1) is 13.1. The summed E-state index contributed by atoms with van der Waals surface area (Å²) in [7, 11) is 2.12. The summed E-state index contributed by atoms with van der Waals surface area (Å²) in [6, 6.07) is 12.4. The maximum Gasteiger partial charge on any atom is 0.0931 e. The number of benzene rings is 1. The normalized spacial score (nSPS) is 11.1. The Bertz CT molecular complexity index is 498. The van der Waals surface area contributed by atoms with Crippen molar-refractivity contribution in [2.45, 2.75) is 13.1 Å². The Morgan fingerprint density at radius 2 is 1.94 bits per heavy atom. The molecule has 0 fully saturated rings. The van der Waals surface area contributed by atoms with Gasteiger partial charge in [-0.1, -0.05) is 45.7 Å². The minimum Gasteiger partial charge on any atom is -0.297 e. The molecule has 0 aliphatic rings. The molecule has 0 N–H and O–H groups in total. The van der Waals surface area contributed by atoms with Crippen molar-refractivity contribution in [1.29, 1.82) is 0 Å². The SMILES string of the molecule is CN(Cc1ccc(Cl)s1)Cc1ccccc1Br. The van der Waals surface area contributed by atoms with Gasteiger partial charge in [0.1, 0.15) is 0 Å². The summed E-state index contributed by atoms with van der Waals surface area (Å²) >= 11 is 11.1. The number of thiophene rings is 1. The van der Waals surface area contributed by atoms with Gasteiger partial charge in [-0.3, -0.25) is 4.90 Å². The second kappa shape index (κ2) is 6.01. The van der Waals surface area contributed by atoms with Crippen LogP contribution in [-0.2, 0) is 13.1 Å². The van der Waals surface area contributed by atoms with Gasteiger partial charge in [0.2, 0.25) is 0 Å². The van der Waals surface area contributed by atoms with Gasteiger partial charge in [0.15, 0.2) is 0 Å². The summed E-state index contributed by atoms with van der Waals surface area (Å²) in [6.45, 7) is 1.86. The van der Waals surface area contributed by atoms with Crippen LogP contribution in [-0.4, -0.2) is 11.9 Å². The van der Waals surface area contributed by atoms with Gasteiger partial charge in [0.25, 0.3) is 0 Å². The summed E-state index contributed by atoms with van der Waals surface area (Å²) in [5.74, 6) is 0. The lowest BCUT2D eigenvalue weighted by Crippen LogP contribution is -2.16. The molecule has 17 heavy (non-hydrogen) atoms. The first-order chi connectivity index (χ1) is 8.15. The Morgan fingerprint density at radius 1 is 1.18 bits per heavy atom. The monoisotopic (exact) mass is 329 g/mol. The van der Waals surface area contributed by atoms with E-state index in [4.69, 9.17) is 11.6 Å². The molecule has 0 atom stereocenters. The fourth-order valence-electron chi connectivity index (χ4n) is 1.68. The highest BCUT2D eigenvalue weighted by Gasteiger charge is 2.06. The van der Waals surface area contributed by atoms with E-state index in [2.05, 4.69) is 52.1 Å². The van der Waals surface area contributed by atoms with E-state index in [1.807, 2.05) is 12.1 Å². The third kappa shape index (κ3) is 3.81. The van der Waals surface area contributed by atoms with Gasteiger partial charge in [-0.15, -0.1) is 11.3 Å². The zero-order valence-corrected chi connectivity index (χ0v) is 12.6. The summed E-state index contributed by atoms with van der Waals surface area (Å²) in [6.07, 6.45) is 0. The van der Waals surface area contributed by atoms with E-state index in [9.17, 15) is 0 Å². The van der Waals surface area contributed by atoms with Crippen LogP contribution in [0.4, 0.5) is 0 Å². The Kier molecular flexibility index (Phi) is 4.62. The molecule has 1 nitrogen and oxygen atoms in total. The van der Waals surface area contributed by atoms with Gasteiger partial charge < -0.3 is 0 Å². The molecule has 0 radical (unpaired) electrons. The van der Waals surface area contributed by atoms with Crippen LogP contribution in [0.2, 0.25) is 4.34 Å². The van der Waals surface area contributed by atoms with E-state index in [0.717, 1.165) is 21.9 Å². The Balaban J connectivity index is 1.98. The van der Waals surface area contributed by atoms with E-state index in [1.54, 1.807) is 11.3 Å². The van der Waals surface area contributed by atoms with Crippen molar-refractivity contribution in [3.8, 4) is 0 Å². The van der Waals surface area contributed by atoms with Gasteiger partial charge in [0, 0.05) is 22.4 Å². The van der Waals surface area contributed by atoms with Crippen LogP contribution in [0.25, 0.3) is 0 Å². The van der Waals surface area contributed by atoms with Crippen molar-refractivity contribution in [2.24, 2.45) is 0 Å². The lowest BCUT2D eigenvalue weighted by Gasteiger charge is -2.16. The van der Waals surface area contributed by atoms with Crippen LogP contribution in [0.5, 0.6) is 0 Å². The first-order valence-corrected chi connectivity index (χ1v) is 7.30. The van der Waals surface area contributed by atoms with Crippen LogP contribution in [0, 0.1) is 0 Å². The lowest BCUT2D eigenvalue weighted by atomic mass is 10.2. The summed E-state index contributed by atoms with van der Waals surface area (Å²) in [5.41, 5.74) is 1.30. The smallest absolute Gasteiger partial charge is 0.0931 e. The maximum atomic E-state index is 5.92. The molecule has 0 aliphatic heterocycles. The predicted molar refractivity (Wildman–Crippen MR) is 78.6 cm³/mol. The van der Waals surface area contributed by atoms with Crippen molar-refractivity contribution in [1.82, 2.24) is 4.90 Å². The van der Waals surface area contributed by atoms with Gasteiger partial charge in [0.05, 0.1) is 4.34 Å². The van der Waals surface area contributed by atoms with E-state index < -0.39 is 0 Å². The highest BCUT2D eigenvalue weighted by molar-refractivity contribution is 9.10. The molecule has 0 spiro atoms. The molecule has 0 amide bonds. The summed E-state index contributed by atoms with van der Waals surface area (Å²) in [4.78, 5) is 3.58. The molecular weight excluding hydrogens is 318 g/mol. The number of rotatable bonds is 4. The average Bonchev–Trinajstić information content (AvgIpc) is 2.67. The average molecular weight is 331 g/mol. The van der Waals surface area contributed by atoms with Crippen LogP contribution < -0.4 is 0 Å². The van der Waals surface area contributed by atoms with Crippen molar-refractivity contribution in [3.05, 3.63) is 55.6 Å². The molecule has 4 heteroatoms. The molecule has 1 heterocycles. The molecular formula is C13H13BrClNS. The number of hydrogen-bond acceptors (Lipinski definition) is 2. The number of nitrogens with zero attached hydrogens (tertiary/aromatic N) is 1. The van der Waals surface area contributed by atoms with Crippen molar-refractivity contribution in [2.75, 3.05) is 7.05 Å². The molecule has 0 saturated carbocycles. The highest BCUT2D eigenvalue weighted by Crippen LogP contribution is 2.23. The molecule has 2 rings (SSSR count). The van der Waals surface area contributed by atoms with E-state index in [1.165, 1.54) is 10.4 Å². The minimum atomic E-state index is 0.856. The molecule has 1 aromatic carbocycles. The third-order valence-electron chi connectivity index (χ3n) is 2.45. The lowest BCUT2D eigenvalue weighted by molar-refractivity contribution is 0.321. The molecule has 90 valence electrons. The van der Waals surface area contributed by atoms with Crippen LogP contribution in [0.15, 0.2) is 40.9 Å². The topological polar surface area (TPSA) is 3.24 Å². The van der Waals surface area contributed by atoms with Crippen molar-refractivity contribution < 1.29 is 0 Å². The molecule has 2 aromatic rings. The predicted octanol–water partition coefficient (Wildman–Crippen LogP) is 4.80. The zero-order valence-electron chi connectivity index (χ0n) is 9.49. The first-order valence-electron chi connectivity index (χ1n) is 5.31. The van der Waals surface area contributed by atoms with Gasteiger partial charge in [-0.25, -0.2) is 0 Å². The minimum absolute atomic E-state index is 0.856. The fraction of sp³-hybridized carbons (Fsp3) is 0.231. The molecule has 0 unspecified atom stereocenters. The van der Waals surface area contributed by atoms with Gasteiger partial charge in [-0.2, -0.15) is 0 Å². The number of hydrogen-bond donors (Lipinski definition) is 0. The van der Waals surface area contributed by atoms with Crippen LogP contribution in [0.3, 0.4) is 0 Å². The van der Waals surface area contributed by atoms with Crippen molar-refractivity contribution >= 4 is 38.9 Å². The zero-order chi connectivity index (χ0) is 12.3. The third-order valence-corrected chi connectivity index (χ3v) is 4.44. The van der Waals surface area contributed by atoms with E-state index in [-0.39, 0.29) is 0 Å². The van der Waals surface area contributed by atoms with Crippen LogP contribution >= 0.6 is 38.9 Å². The molecule has 0 saturated heterocycles. The Hall–Kier alpha value is -0.350. The maximum absolute atomic E-state index is 5.92. The fourth-order valence-corrected chi connectivity index (χ4v) is 3.25. The number of halogens is 2. The van der Waals surface area contributed by atoms with Gasteiger partial charge in [-0.05, 0) is 30.8 Å². The van der Waals surface area contributed by atoms with Gasteiger partial charge >= 0.3 is 0 Å².